The number of carbonyl (C=O) groups is 2. The number of hydrogen-bond acceptors (Lipinski definition) is 16. The Morgan fingerprint density at radius 3 is 1.63 bits per heavy atom. The normalized spacial score (nSPS) is 12.3. The predicted molar refractivity (Wildman–Crippen MR) is 217 cm³/mol. The highest BCUT2D eigenvalue weighted by Gasteiger charge is 2.37. The van der Waals surface area contributed by atoms with Crippen LogP contribution in [0.4, 0.5) is 5.82 Å². The van der Waals surface area contributed by atoms with Gasteiger partial charge in [0.2, 0.25) is 11.7 Å². The number of aromatic nitrogens is 12. The number of oxime groups is 2. The molecule has 1 aromatic carbocycles. The van der Waals surface area contributed by atoms with Gasteiger partial charge < -0.3 is 10.0 Å². The molecular weight excluding hydrogens is 822 g/mol. The van der Waals surface area contributed by atoms with Crippen LogP contribution >= 0.6 is 15.9 Å². The van der Waals surface area contributed by atoms with Gasteiger partial charge in [-0.2, -0.15) is 9.36 Å². The molecule has 1 aliphatic heterocycles. The number of pyridine rings is 4. The second-order valence-corrected chi connectivity index (χ2v) is 13.2. The summed E-state index contributed by atoms with van der Waals surface area (Å²) in [4.78, 5) is 49.5. The van der Waals surface area contributed by atoms with Crippen molar-refractivity contribution in [3.05, 3.63) is 160 Å². The van der Waals surface area contributed by atoms with Crippen LogP contribution in [0.3, 0.4) is 0 Å². The minimum Gasteiger partial charge on any atom is -0.409 e. The molecule has 59 heavy (non-hydrogen) atoms. The molecule has 0 bridgehead atoms. The lowest BCUT2D eigenvalue weighted by Crippen LogP contribution is -2.30. The number of tetrazole rings is 2. The number of halogens is 1. The van der Waals surface area contributed by atoms with Crippen molar-refractivity contribution in [2.45, 2.75) is 46.6 Å². The SMILES string of the molecule is Cc1cccc(/C(=N\O)n2nnnc2C)n1.Cc1cccc(/C(=N\OCc2cccc(N3C(=O)c4ccccc4C3=O)n2)n2nnnc2C)n1.Cc1cccc(CBr)n1. The van der Waals surface area contributed by atoms with Crippen molar-refractivity contribution in [1.29, 1.82) is 0 Å². The first-order valence-electron chi connectivity index (χ1n) is 17.8. The van der Waals surface area contributed by atoms with Crippen molar-refractivity contribution in [3.63, 3.8) is 0 Å². The molecule has 7 aromatic rings. The number of aryl methyl sites for hydroxylation is 5. The summed E-state index contributed by atoms with van der Waals surface area (Å²) in [6, 6.07) is 28.6. The topological polar surface area (TPSA) is 230 Å². The highest BCUT2D eigenvalue weighted by Crippen LogP contribution is 2.27. The molecule has 0 saturated carbocycles. The highest BCUT2D eigenvalue weighted by molar-refractivity contribution is 9.08. The van der Waals surface area contributed by atoms with E-state index in [0.717, 1.165) is 33.0 Å². The van der Waals surface area contributed by atoms with Crippen LogP contribution in [0.25, 0.3) is 0 Å². The molecule has 0 unspecified atom stereocenters. The van der Waals surface area contributed by atoms with E-state index in [1.165, 1.54) is 9.36 Å². The first-order valence-corrected chi connectivity index (χ1v) is 18.9. The maximum absolute atomic E-state index is 12.8. The van der Waals surface area contributed by atoms with E-state index in [1.807, 2.05) is 63.2 Å². The van der Waals surface area contributed by atoms with Gasteiger partial charge >= 0.3 is 0 Å². The van der Waals surface area contributed by atoms with E-state index >= 15 is 0 Å². The second-order valence-electron chi connectivity index (χ2n) is 12.6. The molecule has 0 saturated heterocycles. The fourth-order valence-corrected chi connectivity index (χ4v) is 5.80. The number of amides is 2. The fourth-order valence-electron chi connectivity index (χ4n) is 5.49. The van der Waals surface area contributed by atoms with Crippen LogP contribution in [0, 0.1) is 34.6 Å². The van der Waals surface area contributed by atoms with Crippen molar-refractivity contribution >= 4 is 45.2 Å². The van der Waals surface area contributed by atoms with Crippen LogP contribution in [0.15, 0.2) is 107 Å². The Hall–Kier alpha value is -7.48. The fraction of sp³-hybridized carbons (Fsp3) is 0.179. The molecule has 0 aliphatic carbocycles. The third kappa shape index (κ3) is 9.92. The van der Waals surface area contributed by atoms with Crippen LogP contribution in [0.1, 0.15) is 72.2 Å². The number of anilines is 1. The summed E-state index contributed by atoms with van der Waals surface area (Å²) in [5.41, 5.74) is 6.02. The van der Waals surface area contributed by atoms with Gasteiger partial charge in [-0.25, -0.2) is 19.9 Å². The molecule has 0 spiro atoms. The Bertz CT molecular complexity index is 2630. The summed E-state index contributed by atoms with van der Waals surface area (Å²) in [5, 5.41) is 39.7. The molecule has 0 fully saturated rings. The average Bonchev–Trinajstić information content (AvgIpc) is 3.94. The third-order valence-corrected chi connectivity index (χ3v) is 8.82. The van der Waals surface area contributed by atoms with E-state index in [4.69, 9.17) is 10.0 Å². The van der Waals surface area contributed by atoms with Crippen LogP contribution in [-0.2, 0) is 16.8 Å². The maximum atomic E-state index is 12.8. The molecule has 19 nitrogen and oxygen atoms in total. The molecule has 1 N–H and O–H groups in total. The molecule has 0 atom stereocenters. The summed E-state index contributed by atoms with van der Waals surface area (Å²) >= 11 is 3.33. The van der Waals surface area contributed by atoms with Crippen LogP contribution in [0.2, 0.25) is 0 Å². The lowest BCUT2D eigenvalue weighted by Gasteiger charge is -2.13. The molecular formula is C39H36BrN15O4. The van der Waals surface area contributed by atoms with E-state index in [0.29, 0.717) is 45.7 Å². The number of alkyl halides is 1. The first kappa shape index (κ1) is 41.2. The van der Waals surface area contributed by atoms with E-state index in [-0.39, 0.29) is 18.3 Å². The molecule has 6 aromatic heterocycles. The summed E-state index contributed by atoms with van der Waals surface area (Å²) in [6.45, 7) is 9.13. The Morgan fingerprint density at radius 2 is 1.14 bits per heavy atom. The molecule has 2 amide bonds. The molecule has 298 valence electrons. The van der Waals surface area contributed by atoms with Gasteiger partial charge in [-0.3, -0.25) is 14.6 Å². The van der Waals surface area contributed by atoms with E-state index in [1.54, 1.807) is 68.4 Å². The van der Waals surface area contributed by atoms with Crippen molar-refractivity contribution in [2.75, 3.05) is 4.90 Å². The zero-order valence-corrected chi connectivity index (χ0v) is 34.0. The van der Waals surface area contributed by atoms with Gasteiger partial charge in [0.05, 0.1) is 22.5 Å². The van der Waals surface area contributed by atoms with Gasteiger partial charge in [0.25, 0.3) is 11.8 Å². The Kier molecular flexibility index (Phi) is 13.3. The zero-order chi connectivity index (χ0) is 41.9. The molecule has 1 aliphatic rings. The number of fused-ring (bicyclic) bond motifs is 1. The molecule has 8 rings (SSSR count). The molecule has 0 radical (unpaired) electrons. The zero-order valence-electron chi connectivity index (χ0n) is 32.4. The smallest absolute Gasteiger partial charge is 0.267 e. The standard InChI is InChI=1S/C23H18N8O3.C9H10N6O.C7H8BrN/c1-14-7-5-11-19(24-14)21(31-15(2)26-28-29-31)27-34-13-16-8-6-12-20(25-16)30-22(32)17-9-3-4-10-18(17)23(30)33;1-6-4-3-5-8(10-6)9(12-16)15-7(2)11-13-14-15;1-6-3-2-4-7(5-8)9-6/h3-12H,13H2,1-2H3;3-5,16H,1-2H3;2-4H,5H2,1H3/b27-21+;12-9+;. The van der Waals surface area contributed by atoms with E-state index in [9.17, 15) is 9.59 Å². The summed E-state index contributed by atoms with van der Waals surface area (Å²) < 4.78 is 2.74. The van der Waals surface area contributed by atoms with Crippen molar-refractivity contribution in [1.82, 2.24) is 60.4 Å². The van der Waals surface area contributed by atoms with Crippen LogP contribution < -0.4 is 4.90 Å². The van der Waals surface area contributed by atoms with Crippen molar-refractivity contribution < 1.29 is 19.6 Å². The highest BCUT2D eigenvalue weighted by atomic mass is 79.9. The van der Waals surface area contributed by atoms with Gasteiger partial charge in [-0.05, 0) is 116 Å². The Morgan fingerprint density at radius 1 is 0.627 bits per heavy atom. The minimum atomic E-state index is -0.411. The maximum Gasteiger partial charge on any atom is 0.267 e. The number of imide groups is 1. The Labute approximate surface area is 345 Å². The number of benzene rings is 1. The number of rotatable bonds is 7. The largest absolute Gasteiger partial charge is 0.409 e. The monoisotopic (exact) mass is 857 g/mol. The summed E-state index contributed by atoms with van der Waals surface area (Å²) in [5.74, 6) is 0.937. The van der Waals surface area contributed by atoms with Crippen molar-refractivity contribution in [3.8, 4) is 0 Å². The summed E-state index contributed by atoms with van der Waals surface area (Å²) in [6.07, 6.45) is 0. The minimum absolute atomic E-state index is 0.0203. The first-order chi connectivity index (χ1) is 28.6. The van der Waals surface area contributed by atoms with E-state index < -0.39 is 11.8 Å². The van der Waals surface area contributed by atoms with Gasteiger partial charge in [0.1, 0.15) is 17.2 Å². The molecule has 20 heteroatoms. The Balaban J connectivity index is 0.000000192. The lowest BCUT2D eigenvalue weighted by molar-refractivity contribution is 0.0924. The second kappa shape index (κ2) is 19.1. The van der Waals surface area contributed by atoms with Gasteiger partial charge in [-0.15, -0.1) is 10.2 Å². The lowest BCUT2D eigenvalue weighted by atomic mass is 10.1. The number of nitrogens with zero attached hydrogens (tertiary/aromatic N) is 15. The van der Waals surface area contributed by atoms with Gasteiger partial charge in [-0.1, -0.05) is 62.6 Å². The van der Waals surface area contributed by atoms with Crippen molar-refractivity contribution in [2.24, 2.45) is 10.3 Å². The van der Waals surface area contributed by atoms with Gasteiger partial charge in [0.15, 0.2) is 18.3 Å². The number of hydrogen-bond donors (Lipinski definition) is 1. The van der Waals surface area contributed by atoms with Crippen LogP contribution in [0.5, 0.6) is 0 Å². The summed E-state index contributed by atoms with van der Waals surface area (Å²) in [7, 11) is 0. The third-order valence-electron chi connectivity index (χ3n) is 8.24. The van der Waals surface area contributed by atoms with Crippen LogP contribution in [-0.4, -0.2) is 89.0 Å². The average molecular weight is 859 g/mol. The molecule has 7 heterocycles. The van der Waals surface area contributed by atoms with Gasteiger partial charge in [0, 0.05) is 22.4 Å². The number of carbonyl (C=O) groups excluding carboxylic acids is 2. The quantitative estimate of drug-likeness (QED) is 0.0558. The van der Waals surface area contributed by atoms with E-state index in [2.05, 4.69) is 77.2 Å². The predicted octanol–water partition coefficient (Wildman–Crippen LogP) is 4.96.